The standard InChI is InChI=1S/C7H7F2N3/c1-3-4(8)6(10)12-7(11-2)5(3)9/h2H2,1H3,(H2,10,12). The van der Waals surface area contributed by atoms with Crippen LogP contribution in [0.5, 0.6) is 0 Å². The number of hydrogen-bond acceptors (Lipinski definition) is 3. The van der Waals surface area contributed by atoms with Crippen LogP contribution in [-0.2, 0) is 0 Å². The van der Waals surface area contributed by atoms with Crippen molar-refractivity contribution in [3.05, 3.63) is 17.2 Å². The van der Waals surface area contributed by atoms with Gasteiger partial charge in [-0.05, 0) is 13.6 Å². The van der Waals surface area contributed by atoms with Crippen LogP contribution in [-0.4, -0.2) is 11.7 Å². The highest BCUT2D eigenvalue weighted by Crippen LogP contribution is 2.23. The Labute approximate surface area is 67.9 Å². The summed E-state index contributed by atoms with van der Waals surface area (Å²) in [6, 6.07) is 0. The van der Waals surface area contributed by atoms with Crippen molar-refractivity contribution in [3.63, 3.8) is 0 Å². The summed E-state index contributed by atoms with van der Waals surface area (Å²) in [5.41, 5.74) is 4.94. The van der Waals surface area contributed by atoms with Gasteiger partial charge in [0.2, 0.25) is 0 Å². The van der Waals surface area contributed by atoms with E-state index in [1.807, 2.05) is 0 Å². The van der Waals surface area contributed by atoms with Gasteiger partial charge in [0.15, 0.2) is 23.3 Å². The van der Waals surface area contributed by atoms with E-state index in [0.29, 0.717) is 0 Å². The lowest BCUT2D eigenvalue weighted by Gasteiger charge is -2.03. The average molecular weight is 171 g/mol. The highest BCUT2D eigenvalue weighted by Gasteiger charge is 2.13. The molecule has 0 saturated carbocycles. The van der Waals surface area contributed by atoms with Crippen molar-refractivity contribution in [2.75, 3.05) is 5.73 Å². The molecule has 1 aromatic heterocycles. The first-order valence-electron chi connectivity index (χ1n) is 3.15. The lowest BCUT2D eigenvalue weighted by atomic mass is 10.2. The van der Waals surface area contributed by atoms with Crippen LogP contribution in [0.4, 0.5) is 20.4 Å². The molecule has 0 aliphatic heterocycles. The Morgan fingerprint density at radius 3 is 2.50 bits per heavy atom. The molecule has 12 heavy (non-hydrogen) atoms. The number of rotatable bonds is 1. The zero-order valence-corrected chi connectivity index (χ0v) is 6.43. The molecule has 0 spiro atoms. The van der Waals surface area contributed by atoms with Crippen molar-refractivity contribution < 1.29 is 8.78 Å². The summed E-state index contributed by atoms with van der Waals surface area (Å²) in [4.78, 5) is 6.60. The maximum absolute atomic E-state index is 13.0. The number of aromatic nitrogens is 1. The van der Waals surface area contributed by atoms with E-state index in [1.54, 1.807) is 0 Å². The SMILES string of the molecule is C=Nc1nc(N)c(F)c(C)c1F. The molecule has 0 bridgehead atoms. The first-order chi connectivity index (χ1) is 5.57. The van der Waals surface area contributed by atoms with Gasteiger partial charge in [-0.25, -0.2) is 18.8 Å². The molecular formula is C7H7F2N3. The Morgan fingerprint density at radius 2 is 2.00 bits per heavy atom. The Hall–Kier alpha value is -1.52. The second kappa shape index (κ2) is 2.84. The largest absolute Gasteiger partial charge is 0.381 e. The van der Waals surface area contributed by atoms with E-state index in [9.17, 15) is 8.78 Å². The van der Waals surface area contributed by atoms with E-state index in [4.69, 9.17) is 5.73 Å². The number of aliphatic imine (C=N–C) groups is 1. The van der Waals surface area contributed by atoms with Gasteiger partial charge in [0.1, 0.15) is 0 Å². The van der Waals surface area contributed by atoms with Crippen LogP contribution in [0.15, 0.2) is 4.99 Å². The smallest absolute Gasteiger partial charge is 0.190 e. The van der Waals surface area contributed by atoms with Gasteiger partial charge in [-0.1, -0.05) is 0 Å². The zero-order valence-electron chi connectivity index (χ0n) is 6.43. The number of hydrogen-bond donors (Lipinski definition) is 1. The third-order valence-corrected chi connectivity index (χ3v) is 1.46. The van der Waals surface area contributed by atoms with E-state index in [1.165, 1.54) is 6.92 Å². The van der Waals surface area contributed by atoms with Gasteiger partial charge in [-0.3, -0.25) is 0 Å². The maximum Gasteiger partial charge on any atom is 0.190 e. The molecule has 0 saturated heterocycles. The highest BCUT2D eigenvalue weighted by atomic mass is 19.1. The molecule has 0 aliphatic carbocycles. The molecule has 0 aliphatic rings. The fourth-order valence-electron chi connectivity index (χ4n) is 0.773. The van der Waals surface area contributed by atoms with Crippen molar-refractivity contribution in [2.45, 2.75) is 6.92 Å². The van der Waals surface area contributed by atoms with Gasteiger partial charge in [0, 0.05) is 5.56 Å². The molecule has 0 unspecified atom stereocenters. The molecule has 0 radical (unpaired) electrons. The third kappa shape index (κ3) is 1.13. The van der Waals surface area contributed by atoms with Crippen molar-refractivity contribution >= 4 is 18.4 Å². The molecule has 2 N–H and O–H groups in total. The van der Waals surface area contributed by atoms with Crippen LogP contribution in [0.3, 0.4) is 0 Å². The van der Waals surface area contributed by atoms with E-state index < -0.39 is 11.6 Å². The van der Waals surface area contributed by atoms with E-state index in [0.717, 1.165) is 0 Å². The number of halogens is 2. The lowest BCUT2D eigenvalue weighted by molar-refractivity contribution is 0.564. The molecule has 1 heterocycles. The minimum absolute atomic E-state index is 0.190. The van der Waals surface area contributed by atoms with E-state index >= 15 is 0 Å². The van der Waals surface area contributed by atoms with Gasteiger partial charge in [0.05, 0.1) is 0 Å². The molecule has 5 heteroatoms. The summed E-state index contributed by atoms with van der Waals surface area (Å²) in [7, 11) is 0. The third-order valence-electron chi connectivity index (χ3n) is 1.46. The Kier molecular flexibility index (Phi) is 2.03. The predicted octanol–water partition coefficient (Wildman–Crippen LogP) is 1.58. The second-order valence-corrected chi connectivity index (χ2v) is 2.23. The van der Waals surface area contributed by atoms with Gasteiger partial charge in [0.25, 0.3) is 0 Å². The van der Waals surface area contributed by atoms with Crippen molar-refractivity contribution in [1.82, 2.24) is 4.98 Å². The van der Waals surface area contributed by atoms with Gasteiger partial charge in [-0.2, -0.15) is 0 Å². The fourth-order valence-corrected chi connectivity index (χ4v) is 0.773. The molecule has 64 valence electrons. The van der Waals surface area contributed by atoms with Crippen LogP contribution >= 0.6 is 0 Å². The second-order valence-electron chi connectivity index (χ2n) is 2.23. The maximum atomic E-state index is 13.0. The van der Waals surface area contributed by atoms with Crippen LogP contribution in [0, 0.1) is 18.6 Å². The molecule has 0 atom stereocenters. The molecule has 3 nitrogen and oxygen atoms in total. The molecule has 1 aromatic rings. The molecule has 0 aromatic carbocycles. The Morgan fingerprint density at radius 1 is 1.42 bits per heavy atom. The molecule has 0 fully saturated rings. The van der Waals surface area contributed by atoms with Crippen LogP contribution in [0.2, 0.25) is 0 Å². The fraction of sp³-hybridized carbons (Fsp3) is 0.143. The molecule has 0 amide bonds. The van der Waals surface area contributed by atoms with Gasteiger partial charge < -0.3 is 5.73 Å². The number of nitrogens with zero attached hydrogens (tertiary/aromatic N) is 2. The minimum atomic E-state index is -0.847. The zero-order chi connectivity index (χ0) is 9.30. The van der Waals surface area contributed by atoms with Gasteiger partial charge >= 0.3 is 0 Å². The molecule has 1 rings (SSSR count). The van der Waals surface area contributed by atoms with Crippen LogP contribution in [0.1, 0.15) is 5.56 Å². The van der Waals surface area contributed by atoms with Crippen LogP contribution < -0.4 is 5.73 Å². The number of nitrogen functional groups attached to an aromatic ring is 1. The monoisotopic (exact) mass is 171 g/mol. The highest BCUT2D eigenvalue weighted by molar-refractivity contribution is 5.49. The Balaban J connectivity index is 3.49. The summed E-state index contributed by atoms with van der Waals surface area (Å²) >= 11 is 0. The first kappa shape index (κ1) is 8.58. The van der Waals surface area contributed by atoms with Gasteiger partial charge in [-0.15, -0.1) is 0 Å². The first-order valence-corrected chi connectivity index (χ1v) is 3.15. The van der Waals surface area contributed by atoms with E-state index in [-0.39, 0.29) is 17.2 Å². The Bertz CT molecular complexity index is 336. The normalized spacial score (nSPS) is 9.92. The summed E-state index contributed by atoms with van der Waals surface area (Å²) in [5, 5.41) is 0. The summed E-state index contributed by atoms with van der Waals surface area (Å²) < 4.78 is 25.8. The number of anilines is 1. The lowest BCUT2D eigenvalue weighted by Crippen LogP contribution is -2.00. The van der Waals surface area contributed by atoms with Crippen molar-refractivity contribution in [1.29, 1.82) is 0 Å². The quantitative estimate of drug-likeness (QED) is 0.652. The topological polar surface area (TPSA) is 51.3 Å². The minimum Gasteiger partial charge on any atom is -0.381 e. The summed E-state index contributed by atoms with van der Waals surface area (Å²) in [5.74, 6) is -2.31. The predicted molar refractivity (Wildman–Crippen MR) is 42.5 cm³/mol. The number of pyridine rings is 1. The van der Waals surface area contributed by atoms with Crippen molar-refractivity contribution in [3.8, 4) is 0 Å². The number of nitrogens with two attached hydrogens (primary N) is 1. The molecular weight excluding hydrogens is 164 g/mol. The summed E-state index contributed by atoms with van der Waals surface area (Å²) in [6.07, 6.45) is 0. The summed E-state index contributed by atoms with van der Waals surface area (Å²) in [6.45, 7) is 4.33. The average Bonchev–Trinajstić information content (AvgIpc) is 2.08. The van der Waals surface area contributed by atoms with Crippen LogP contribution in [0.25, 0.3) is 0 Å². The van der Waals surface area contributed by atoms with Crippen molar-refractivity contribution in [2.24, 2.45) is 4.99 Å². The van der Waals surface area contributed by atoms with E-state index in [2.05, 4.69) is 16.7 Å².